The maximum atomic E-state index is 13.0. The molecule has 38 heavy (non-hydrogen) atoms. The number of hydrogen-bond acceptors (Lipinski definition) is 6. The minimum atomic E-state index is -0.752. The number of hydroxylamine groups is 2. The predicted octanol–water partition coefficient (Wildman–Crippen LogP) is 4.97. The van der Waals surface area contributed by atoms with Crippen molar-refractivity contribution in [2.75, 3.05) is 27.3 Å². The number of nitrogens with zero attached hydrogens (tertiary/aromatic N) is 1. The van der Waals surface area contributed by atoms with Gasteiger partial charge in [0, 0.05) is 31.3 Å². The van der Waals surface area contributed by atoms with Crippen molar-refractivity contribution in [2.24, 2.45) is 0 Å². The van der Waals surface area contributed by atoms with E-state index >= 15 is 0 Å². The smallest absolute Gasteiger partial charge is 0.303 e. The van der Waals surface area contributed by atoms with E-state index in [0.29, 0.717) is 32.4 Å². The summed E-state index contributed by atoms with van der Waals surface area (Å²) >= 11 is 0. The molecule has 1 aliphatic heterocycles. The normalized spacial score (nSPS) is 25.3. The van der Waals surface area contributed by atoms with Gasteiger partial charge in [-0.15, -0.1) is 0 Å². The molecule has 2 aromatic carbocycles. The Morgan fingerprint density at radius 3 is 2.58 bits per heavy atom. The van der Waals surface area contributed by atoms with Crippen LogP contribution in [0.25, 0.3) is 0 Å². The molecular weight excluding hydrogens is 480 g/mol. The molecule has 1 heterocycles. The molecule has 4 rings (SSSR count). The Hall–Kier alpha value is -2.90. The number of carbonyl (C=O) groups excluding carboxylic acids is 2. The minimum Gasteiger partial charge on any atom is -0.497 e. The van der Waals surface area contributed by atoms with Crippen molar-refractivity contribution in [2.45, 2.75) is 81.8 Å². The zero-order valence-corrected chi connectivity index (χ0v) is 23.0. The lowest BCUT2D eigenvalue weighted by atomic mass is 9.55. The molecule has 1 N–H and O–H groups in total. The Morgan fingerprint density at radius 1 is 1.03 bits per heavy atom. The van der Waals surface area contributed by atoms with E-state index in [9.17, 15) is 9.59 Å². The molecule has 1 aliphatic carbocycles. The van der Waals surface area contributed by atoms with Crippen LogP contribution in [0, 0.1) is 0 Å². The molecule has 1 saturated heterocycles. The van der Waals surface area contributed by atoms with E-state index in [1.165, 1.54) is 12.5 Å². The molecule has 1 amide bonds. The Morgan fingerprint density at radius 2 is 1.84 bits per heavy atom. The van der Waals surface area contributed by atoms with Crippen LogP contribution in [-0.4, -0.2) is 55.9 Å². The number of carbonyl (C=O) groups is 2. The number of benzene rings is 2. The third-order valence-corrected chi connectivity index (χ3v) is 8.38. The maximum Gasteiger partial charge on any atom is 0.303 e. The van der Waals surface area contributed by atoms with E-state index in [-0.39, 0.29) is 17.9 Å². The van der Waals surface area contributed by atoms with Crippen molar-refractivity contribution in [3.8, 4) is 5.75 Å². The standard InChI is InChI=1S/C31H42N2O5/c1-24(34)38-31-18-17-27(32-29(35)16-9-5-8-13-25-11-6-4-7-12-25)22-30(31,19-20-33(23-31)37-3)26-14-10-15-28(21-26)36-2/h4,6-7,10-12,14-15,21,27H,5,8-9,13,16-20,22-23H2,1-3H3,(H,32,35). The summed E-state index contributed by atoms with van der Waals surface area (Å²) in [6.07, 6.45) is 7.41. The number of ether oxygens (including phenoxy) is 2. The molecule has 2 aliphatic rings. The van der Waals surface area contributed by atoms with Gasteiger partial charge >= 0.3 is 5.97 Å². The van der Waals surface area contributed by atoms with E-state index in [1.54, 1.807) is 14.2 Å². The van der Waals surface area contributed by atoms with Gasteiger partial charge in [-0.05, 0) is 68.2 Å². The lowest BCUT2D eigenvalue weighted by molar-refractivity contribution is -0.237. The SMILES string of the molecule is COc1cccc(C23CCN(OC)CC2(OC(C)=O)CCC(NC(=O)CCCCCc2ccccc2)C3)c1. The first-order valence-electron chi connectivity index (χ1n) is 13.9. The number of rotatable bonds is 11. The van der Waals surface area contributed by atoms with Crippen molar-refractivity contribution in [3.63, 3.8) is 0 Å². The van der Waals surface area contributed by atoms with Crippen LogP contribution in [-0.2, 0) is 31.0 Å². The summed E-state index contributed by atoms with van der Waals surface area (Å²) < 4.78 is 11.8. The summed E-state index contributed by atoms with van der Waals surface area (Å²) in [7, 11) is 3.32. The summed E-state index contributed by atoms with van der Waals surface area (Å²) in [4.78, 5) is 31.0. The van der Waals surface area contributed by atoms with Crippen molar-refractivity contribution >= 4 is 11.9 Å². The third-order valence-electron chi connectivity index (χ3n) is 8.38. The fraction of sp³-hybridized carbons (Fsp3) is 0.548. The summed E-state index contributed by atoms with van der Waals surface area (Å²) in [6.45, 7) is 2.67. The van der Waals surface area contributed by atoms with Gasteiger partial charge in [0.2, 0.25) is 5.91 Å². The molecule has 3 atom stereocenters. The van der Waals surface area contributed by atoms with Gasteiger partial charge in [0.25, 0.3) is 0 Å². The van der Waals surface area contributed by atoms with Gasteiger partial charge < -0.3 is 19.6 Å². The van der Waals surface area contributed by atoms with Crippen LogP contribution in [0.3, 0.4) is 0 Å². The topological polar surface area (TPSA) is 77.1 Å². The molecular formula is C31H42N2O5. The Bertz CT molecular complexity index is 1080. The maximum absolute atomic E-state index is 13.0. The van der Waals surface area contributed by atoms with Gasteiger partial charge in [0.05, 0.1) is 20.8 Å². The largest absolute Gasteiger partial charge is 0.497 e. The van der Waals surface area contributed by atoms with Crippen molar-refractivity contribution in [1.82, 2.24) is 10.4 Å². The fourth-order valence-corrected chi connectivity index (χ4v) is 6.51. The van der Waals surface area contributed by atoms with E-state index in [0.717, 1.165) is 49.8 Å². The number of methoxy groups -OCH3 is 1. The minimum absolute atomic E-state index is 0.01000. The molecule has 3 unspecified atom stereocenters. The number of nitrogens with one attached hydrogen (secondary N) is 1. The number of fused-ring (bicyclic) bond motifs is 1. The van der Waals surface area contributed by atoms with Crippen molar-refractivity contribution in [1.29, 1.82) is 0 Å². The highest BCUT2D eigenvalue weighted by Crippen LogP contribution is 2.54. The number of unbranched alkanes of at least 4 members (excludes halogenated alkanes) is 2. The quantitative estimate of drug-likeness (QED) is 0.332. The zero-order valence-electron chi connectivity index (χ0n) is 23.0. The van der Waals surface area contributed by atoms with Gasteiger partial charge in [-0.3, -0.25) is 9.59 Å². The molecule has 1 saturated carbocycles. The molecule has 2 fully saturated rings. The molecule has 206 valence electrons. The van der Waals surface area contributed by atoms with Crippen LogP contribution in [0.2, 0.25) is 0 Å². The molecule has 0 spiro atoms. The van der Waals surface area contributed by atoms with E-state index in [1.807, 2.05) is 23.3 Å². The Labute approximate surface area is 226 Å². The number of hydrogen-bond donors (Lipinski definition) is 1. The van der Waals surface area contributed by atoms with Crippen LogP contribution < -0.4 is 10.1 Å². The van der Waals surface area contributed by atoms with Crippen molar-refractivity contribution < 1.29 is 23.9 Å². The zero-order chi connectivity index (χ0) is 27.0. The predicted molar refractivity (Wildman–Crippen MR) is 147 cm³/mol. The average molecular weight is 523 g/mol. The highest BCUT2D eigenvalue weighted by atomic mass is 16.7. The van der Waals surface area contributed by atoms with Crippen LogP contribution in [0.5, 0.6) is 5.75 Å². The molecule has 7 nitrogen and oxygen atoms in total. The van der Waals surface area contributed by atoms with Gasteiger partial charge in [-0.25, -0.2) is 0 Å². The summed E-state index contributed by atoms with van der Waals surface area (Å²) in [5.41, 5.74) is 1.21. The first kappa shape index (κ1) is 28.1. The highest BCUT2D eigenvalue weighted by molar-refractivity contribution is 5.76. The van der Waals surface area contributed by atoms with Crippen LogP contribution in [0.4, 0.5) is 0 Å². The summed E-state index contributed by atoms with van der Waals surface area (Å²) in [5.74, 6) is 0.572. The van der Waals surface area contributed by atoms with Crippen LogP contribution in [0.15, 0.2) is 54.6 Å². The van der Waals surface area contributed by atoms with Gasteiger partial charge in [-0.2, -0.15) is 5.06 Å². The monoisotopic (exact) mass is 522 g/mol. The van der Waals surface area contributed by atoms with E-state index in [4.69, 9.17) is 14.3 Å². The molecule has 0 radical (unpaired) electrons. The van der Waals surface area contributed by atoms with Crippen LogP contribution in [0.1, 0.15) is 69.4 Å². The molecule has 7 heteroatoms. The molecule has 0 aromatic heterocycles. The van der Waals surface area contributed by atoms with E-state index in [2.05, 4.69) is 41.7 Å². The lowest BCUT2D eigenvalue weighted by Gasteiger charge is -2.58. The number of piperidine rings is 1. The highest BCUT2D eigenvalue weighted by Gasteiger charge is 2.61. The number of amides is 1. The Balaban J connectivity index is 1.45. The second kappa shape index (κ2) is 12.8. The lowest BCUT2D eigenvalue weighted by Crippen LogP contribution is -2.68. The molecule has 0 bridgehead atoms. The van der Waals surface area contributed by atoms with Gasteiger partial charge in [0.1, 0.15) is 11.4 Å². The number of esters is 1. The average Bonchev–Trinajstić information content (AvgIpc) is 2.93. The third kappa shape index (κ3) is 6.38. The second-order valence-electron chi connectivity index (χ2n) is 10.8. The van der Waals surface area contributed by atoms with Gasteiger partial charge in [-0.1, -0.05) is 48.9 Å². The van der Waals surface area contributed by atoms with Crippen LogP contribution >= 0.6 is 0 Å². The fourth-order valence-electron chi connectivity index (χ4n) is 6.51. The first-order chi connectivity index (χ1) is 18.4. The first-order valence-corrected chi connectivity index (χ1v) is 13.9. The second-order valence-corrected chi connectivity index (χ2v) is 10.8. The number of aryl methyl sites for hydroxylation is 1. The Kier molecular flexibility index (Phi) is 9.44. The van der Waals surface area contributed by atoms with Gasteiger partial charge in [0.15, 0.2) is 0 Å². The van der Waals surface area contributed by atoms with E-state index < -0.39 is 11.0 Å². The van der Waals surface area contributed by atoms with Crippen molar-refractivity contribution in [3.05, 3.63) is 65.7 Å². The molecule has 2 aromatic rings. The summed E-state index contributed by atoms with van der Waals surface area (Å²) in [6, 6.07) is 18.6. The summed E-state index contributed by atoms with van der Waals surface area (Å²) in [5, 5.41) is 5.21.